The Morgan fingerprint density at radius 1 is 1.21 bits per heavy atom. The molecule has 1 aliphatic heterocycles. The number of ether oxygens (including phenoxy) is 1. The SMILES string of the molecule is CCC1(C(=O)OC(C)(C)C)CCCN(C(=O)c2cn(-c3ncccn3)cn2)C1. The Morgan fingerprint density at radius 3 is 2.57 bits per heavy atom. The molecule has 0 aromatic carbocycles. The molecule has 1 aliphatic rings. The minimum Gasteiger partial charge on any atom is -0.459 e. The minimum atomic E-state index is -0.674. The molecule has 3 heterocycles. The number of carbonyl (C=O) groups excluding carboxylic acids is 2. The summed E-state index contributed by atoms with van der Waals surface area (Å²) < 4.78 is 7.26. The van der Waals surface area contributed by atoms with Crippen LogP contribution in [0.15, 0.2) is 31.0 Å². The molecule has 1 saturated heterocycles. The molecule has 150 valence electrons. The van der Waals surface area contributed by atoms with Crippen LogP contribution in [0.2, 0.25) is 0 Å². The first-order chi connectivity index (χ1) is 13.2. The zero-order valence-electron chi connectivity index (χ0n) is 16.9. The highest BCUT2D eigenvalue weighted by Gasteiger charge is 2.44. The predicted octanol–water partition coefficient (Wildman–Crippen LogP) is 2.64. The Bertz CT molecular complexity index is 843. The summed E-state index contributed by atoms with van der Waals surface area (Å²) in [7, 11) is 0. The van der Waals surface area contributed by atoms with E-state index in [2.05, 4.69) is 15.0 Å². The number of aromatic nitrogens is 4. The third-order valence-electron chi connectivity index (χ3n) is 4.96. The first-order valence-corrected chi connectivity index (χ1v) is 9.58. The molecule has 28 heavy (non-hydrogen) atoms. The van der Waals surface area contributed by atoms with E-state index in [9.17, 15) is 9.59 Å². The van der Waals surface area contributed by atoms with E-state index in [0.717, 1.165) is 6.42 Å². The van der Waals surface area contributed by atoms with Gasteiger partial charge in [0.1, 0.15) is 17.6 Å². The second kappa shape index (κ2) is 7.69. The van der Waals surface area contributed by atoms with E-state index in [-0.39, 0.29) is 11.9 Å². The molecule has 1 atom stereocenters. The average molecular weight is 385 g/mol. The number of amides is 1. The van der Waals surface area contributed by atoms with E-state index in [4.69, 9.17) is 4.74 Å². The standard InChI is InChI=1S/C20H27N5O3/c1-5-20(17(27)28-19(2,3)4)8-6-11-24(13-20)16(26)15-12-25(14-23-15)18-21-9-7-10-22-18/h7,9-10,12,14H,5-6,8,11,13H2,1-4H3. The summed E-state index contributed by atoms with van der Waals surface area (Å²) in [4.78, 5) is 40.1. The molecule has 1 fully saturated rings. The van der Waals surface area contributed by atoms with Gasteiger partial charge in [-0.1, -0.05) is 6.92 Å². The highest BCUT2D eigenvalue weighted by molar-refractivity contribution is 5.93. The average Bonchev–Trinajstić information content (AvgIpc) is 3.17. The van der Waals surface area contributed by atoms with Crippen molar-refractivity contribution in [2.45, 2.75) is 52.6 Å². The van der Waals surface area contributed by atoms with Gasteiger partial charge in [-0.2, -0.15) is 0 Å². The normalized spacial score (nSPS) is 20.1. The Morgan fingerprint density at radius 2 is 1.93 bits per heavy atom. The van der Waals surface area contributed by atoms with Crippen LogP contribution < -0.4 is 0 Å². The lowest BCUT2D eigenvalue weighted by Gasteiger charge is -2.41. The van der Waals surface area contributed by atoms with Gasteiger partial charge in [-0.25, -0.2) is 15.0 Å². The maximum Gasteiger partial charge on any atom is 0.314 e. The number of hydrogen-bond donors (Lipinski definition) is 0. The number of likely N-dealkylation sites (tertiary alicyclic amines) is 1. The van der Waals surface area contributed by atoms with E-state index in [1.54, 1.807) is 34.1 Å². The van der Waals surface area contributed by atoms with Crippen molar-refractivity contribution in [1.82, 2.24) is 24.4 Å². The van der Waals surface area contributed by atoms with Gasteiger partial charge in [0.05, 0.1) is 5.41 Å². The largest absolute Gasteiger partial charge is 0.459 e. The number of piperidine rings is 1. The second-order valence-corrected chi connectivity index (χ2v) is 8.18. The number of nitrogens with zero attached hydrogens (tertiary/aromatic N) is 5. The van der Waals surface area contributed by atoms with E-state index < -0.39 is 11.0 Å². The quantitative estimate of drug-likeness (QED) is 0.752. The van der Waals surface area contributed by atoms with Crippen molar-refractivity contribution in [3.63, 3.8) is 0 Å². The summed E-state index contributed by atoms with van der Waals surface area (Å²) in [5.74, 6) is 0.0170. The monoisotopic (exact) mass is 385 g/mol. The first-order valence-electron chi connectivity index (χ1n) is 9.58. The van der Waals surface area contributed by atoms with Crippen LogP contribution >= 0.6 is 0 Å². The van der Waals surface area contributed by atoms with Gasteiger partial charge in [-0.3, -0.25) is 14.2 Å². The van der Waals surface area contributed by atoms with Gasteiger partial charge in [0.15, 0.2) is 0 Å². The topological polar surface area (TPSA) is 90.2 Å². The van der Waals surface area contributed by atoms with Crippen LogP contribution in [0.3, 0.4) is 0 Å². The van der Waals surface area contributed by atoms with Gasteiger partial charge < -0.3 is 9.64 Å². The molecular formula is C20H27N5O3. The lowest BCUT2D eigenvalue weighted by molar-refractivity contribution is -0.171. The van der Waals surface area contributed by atoms with Crippen molar-refractivity contribution in [3.05, 3.63) is 36.7 Å². The molecule has 0 aliphatic carbocycles. The molecule has 8 nitrogen and oxygen atoms in total. The molecule has 2 aromatic heterocycles. The van der Waals surface area contributed by atoms with Crippen LogP contribution in [0, 0.1) is 5.41 Å². The van der Waals surface area contributed by atoms with Crippen LogP contribution in [-0.4, -0.2) is 55.0 Å². The van der Waals surface area contributed by atoms with Gasteiger partial charge in [0.25, 0.3) is 5.91 Å². The van der Waals surface area contributed by atoms with Crippen LogP contribution in [0.4, 0.5) is 0 Å². The molecule has 0 bridgehead atoms. The van der Waals surface area contributed by atoms with Crippen molar-refractivity contribution in [2.24, 2.45) is 5.41 Å². The molecule has 0 radical (unpaired) electrons. The van der Waals surface area contributed by atoms with E-state index >= 15 is 0 Å². The van der Waals surface area contributed by atoms with Crippen LogP contribution in [-0.2, 0) is 9.53 Å². The van der Waals surface area contributed by atoms with Crippen LogP contribution in [0.1, 0.15) is 57.4 Å². The third kappa shape index (κ3) is 4.21. The molecule has 3 rings (SSSR count). The second-order valence-electron chi connectivity index (χ2n) is 8.18. The minimum absolute atomic E-state index is 0.198. The summed E-state index contributed by atoms with van der Waals surface area (Å²) in [5, 5.41) is 0. The Labute approximate surface area is 165 Å². The molecule has 1 amide bonds. The fraction of sp³-hybridized carbons (Fsp3) is 0.550. The van der Waals surface area contributed by atoms with Gasteiger partial charge >= 0.3 is 5.97 Å². The van der Waals surface area contributed by atoms with E-state index in [1.165, 1.54) is 6.33 Å². The lowest BCUT2D eigenvalue weighted by Crippen LogP contribution is -2.51. The molecule has 0 N–H and O–H groups in total. The number of imidazole rings is 1. The van der Waals surface area contributed by atoms with E-state index in [1.807, 2.05) is 27.7 Å². The third-order valence-corrected chi connectivity index (χ3v) is 4.96. The zero-order chi connectivity index (χ0) is 20.4. The number of carbonyl (C=O) groups is 2. The summed E-state index contributed by atoms with van der Waals surface area (Å²) in [6, 6.07) is 1.72. The number of esters is 1. The molecule has 2 aromatic rings. The Kier molecular flexibility index (Phi) is 5.49. The highest BCUT2D eigenvalue weighted by atomic mass is 16.6. The lowest BCUT2D eigenvalue weighted by atomic mass is 9.77. The van der Waals surface area contributed by atoms with Crippen molar-refractivity contribution in [3.8, 4) is 5.95 Å². The Balaban J connectivity index is 1.77. The predicted molar refractivity (Wildman–Crippen MR) is 103 cm³/mol. The van der Waals surface area contributed by atoms with Gasteiger partial charge in [0.2, 0.25) is 5.95 Å². The van der Waals surface area contributed by atoms with Gasteiger partial charge in [-0.05, 0) is 46.1 Å². The Hall–Kier alpha value is -2.77. The molecular weight excluding hydrogens is 358 g/mol. The zero-order valence-corrected chi connectivity index (χ0v) is 16.9. The fourth-order valence-electron chi connectivity index (χ4n) is 3.42. The number of rotatable bonds is 4. The highest BCUT2D eigenvalue weighted by Crippen LogP contribution is 2.36. The maximum absolute atomic E-state index is 13.0. The smallest absolute Gasteiger partial charge is 0.314 e. The fourth-order valence-corrected chi connectivity index (χ4v) is 3.42. The van der Waals surface area contributed by atoms with Crippen molar-refractivity contribution in [2.75, 3.05) is 13.1 Å². The molecule has 0 saturated carbocycles. The summed E-state index contributed by atoms with van der Waals surface area (Å²) in [5.41, 5.74) is -0.921. The van der Waals surface area contributed by atoms with Crippen molar-refractivity contribution < 1.29 is 14.3 Å². The van der Waals surface area contributed by atoms with E-state index in [0.29, 0.717) is 37.6 Å². The molecule has 0 spiro atoms. The van der Waals surface area contributed by atoms with Crippen molar-refractivity contribution >= 4 is 11.9 Å². The van der Waals surface area contributed by atoms with Gasteiger partial charge in [-0.15, -0.1) is 0 Å². The summed E-state index contributed by atoms with van der Waals surface area (Å²) in [6.45, 7) is 8.48. The summed E-state index contributed by atoms with van der Waals surface area (Å²) in [6.07, 6.45) is 8.49. The first kappa shape index (κ1) is 20.0. The molecule has 1 unspecified atom stereocenters. The maximum atomic E-state index is 13.0. The van der Waals surface area contributed by atoms with Crippen molar-refractivity contribution in [1.29, 1.82) is 0 Å². The number of hydrogen-bond acceptors (Lipinski definition) is 6. The van der Waals surface area contributed by atoms with Crippen LogP contribution in [0.5, 0.6) is 0 Å². The van der Waals surface area contributed by atoms with Gasteiger partial charge in [0, 0.05) is 31.7 Å². The van der Waals surface area contributed by atoms with Crippen LogP contribution in [0.25, 0.3) is 5.95 Å². The summed E-state index contributed by atoms with van der Waals surface area (Å²) >= 11 is 0. The molecule has 8 heteroatoms.